The van der Waals surface area contributed by atoms with Crippen molar-refractivity contribution in [3.05, 3.63) is 48.0 Å². The SMILES string of the molecule is CCOc1ccc(NC(=O)[C@@H](C)OC(=O)Cc2ccc3c(c2)OCCO3)cc1. The minimum Gasteiger partial charge on any atom is -0.494 e. The van der Waals surface area contributed by atoms with Gasteiger partial charge in [0.05, 0.1) is 13.0 Å². The molecule has 7 nitrogen and oxygen atoms in total. The van der Waals surface area contributed by atoms with Gasteiger partial charge in [0.2, 0.25) is 0 Å². The van der Waals surface area contributed by atoms with Crippen molar-refractivity contribution in [2.45, 2.75) is 26.4 Å². The van der Waals surface area contributed by atoms with Crippen LogP contribution >= 0.6 is 0 Å². The fourth-order valence-electron chi connectivity index (χ4n) is 2.70. The minimum absolute atomic E-state index is 0.0390. The topological polar surface area (TPSA) is 83.1 Å². The number of anilines is 1. The van der Waals surface area contributed by atoms with Crippen molar-refractivity contribution in [1.29, 1.82) is 0 Å². The maximum Gasteiger partial charge on any atom is 0.311 e. The van der Waals surface area contributed by atoms with Gasteiger partial charge in [-0.2, -0.15) is 0 Å². The van der Waals surface area contributed by atoms with Gasteiger partial charge in [0.1, 0.15) is 19.0 Å². The van der Waals surface area contributed by atoms with E-state index in [1.54, 1.807) is 42.5 Å². The molecular formula is C21H23NO6. The van der Waals surface area contributed by atoms with Crippen molar-refractivity contribution >= 4 is 17.6 Å². The molecule has 1 amide bonds. The van der Waals surface area contributed by atoms with E-state index in [-0.39, 0.29) is 6.42 Å². The fraction of sp³-hybridized carbons (Fsp3) is 0.333. The molecule has 3 rings (SSSR count). The van der Waals surface area contributed by atoms with Gasteiger partial charge in [-0.1, -0.05) is 6.07 Å². The Morgan fingerprint density at radius 3 is 2.50 bits per heavy atom. The Kier molecular flexibility index (Phi) is 6.37. The Balaban J connectivity index is 1.51. The highest BCUT2D eigenvalue weighted by Gasteiger charge is 2.19. The second-order valence-corrected chi connectivity index (χ2v) is 6.23. The van der Waals surface area contributed by atoms with E-state index in [4.69, 9.17) is 18.9 Å². The van der Waals surface area contributed by atoms with E-state index in [0.29, 0.717) is 37.0 Å². The van der Waals surface area contributed by atoms with Crippen molar-refractivity contribution in [3.63, 3.8) is 0 Å². The third-order valence-electron chi connectivity index (χ3n) is 4.07. The summed E-state index contributed by atoms with van der Waals surface area (Å²) in [6.45, 7) is 4.99. The largest absolute Gasteiger partial charge is 0.494 e. The van der Waals surface area contributed by atoms with Gasteiger partial charge in [0.25, 0.3) is 5.91 Å². The Hall–Kier alpha value is -3.22. The number of ether oxygens (including phenoxy) is 4. The van der Waals surface area contributed by atoms with Crippen molar-refractivity contribution in [3.8, 4) is 17.2 Å². The molecule has 0 radical (unpaired) electrons. The molecule has 0 fully saturated rings. The summed E-state index contributed by atoms with van der Waals surface area (Å²) in [6, 6.07) is 12.3. The molecule has 0 aliphatic carbocycles. The monoisotopic (exact) mass is 385 g/mol. The number of fused-ring (bicyclic) bond motifs is 1. The molecule has 148 valence electrons. The molecule has 2 aromatic rings. The van der Waals surface area contributed by atoms with Crippen LogP contribution < -0.4 is 19.5 Å². The first-order valence-corrected chi connectivity index (χ1v) is 9.17. The maximum absolute atomic E-state index is 12.2. The predicted octanol–water partition coefficient (Wildman–Crippen LogP) is 2.97. The van der Waals surface area contributed by atoms with Gasteiger partial charge in [-0.05, 0) is 55.8 Å². The van der Waals surface area contributed by atoms with Crippen molar-refractivity contribution < 1.29 is 28.5 Å². The van der Waals surface area contributed by atoms with Crippen LogP contribution in [0.5, 0.6) is 17.2 Å². The molecule has 1 aliphatic rings. The first-order valence-electron chi connectivity index (χ1n) is 9.17. The van der Waals surface area contributed by atoms with Crippen molar-refractivity contribution in [2.75, 3.05) is 25.1 Å². The van der Waals surface area contributed by atoms with Crippen LogP contribution in [-0.2, 0) is 20.7 Å². The highest BCUT2D eigenvalue weighted by atomic mass is 16.6. The van der Waals surface area contributed by atoms with E-state index < -0.39 is 18.0 Å². The van der Waals surface area contributed by atoms with Crippen LogP contribution in [0.3, 0.4) is 0 Å². The average molecular weight is 385 g/mol. The van der Waals surface area contributed by atoms with Gasteiger partial charge in [0.15, 0.2) is 17.6 Å². The standard InChI is InChI=1S/C21H23NO6/c1-3-25-17-7-5-16(6-8-17)22-21(24)14(2)28-20(23)13-15-4-9-18-19(12-15)27-11-10-26-18/h4-9,12,14H,3,10-11,13H2,1-2H3,(H,22,24)/t14-/m1/s1. The molecule has 0 saturated carbocycles. The maximum atomic E-state index is 12.2. The summed E-state index contributed by atoms with van der Waals surface area (Å²) in [5.41, 5.74) is 1.33. The van der Waals surface area contributed by atoms with E-state index in [1.807, 2.05) is 6.92 Å². The van der Waals surface area contributed by atoms with Crippen LogP contribution in [-0.4, -0.2) is 37.8 Å². The minimum atomic E-state index is -0.920. The molecule has 1 N–H and O–H groups in total. The zero-order valence-electron chi connectivity index (χ0n) is 15.9. The van der Waals surface area contributed by atoms with E-state index in [1.165, 1.54) is 6.92 Å². The molecule has 0 saturated heterocycles. The molecule has 1 aliphatic heterocycles. The van der Waals surface area contributed by atoms with Crippen LogP contribution in [0.15, 0.2) is 42.5 Å². The molecule has 2 aromatic carbocycles. The van der Waals surface area contributed by atoms with E-state index >= 15 is 0 Å². The molecule has 0 spiro atoms. The lowest BCUT2D eigenvalue weighted by atomic mass is 10.1. The van der Waals surface area contributed by atoms with Gasteiger partial charge >= 0.3 is 5.97 Å². The zero-order valence-corrected chi connectivity index (χ0v) is 15.9. The third kappa shape index (κ3) is 5.16. The molecule has 0 bridgehead atoms. The van der Waals surface area contributed by atoms with Crippen LogP contribution in [0.4, 0.5) is 5.69 Å². The van der Waals surface area contributed by atoms with Crippen molar-refractivity contribution in [2.24, 2.45) is 0 Å². The summed E-state index contributed by atoms with van der Waals surface area (Å²) in [7, 11) is 0. The van der Waals surface area contributed by atoms with Crippen LogP contribution in [0.1, 0.15) is 19.4 Å². The molecule has 1 heterocycles. The van der Waals surface area contributed by atoms with Crippen LogP contribution in [0.2, 0.25) is 0 Å². The Labute approximate surface area is 163 Å². The first-order chi connectivity index (χ1) is 13.5. The fourth-order valence-corrected chi connectivity index (χ4v) is 2.70. The van der Waals surface area contributed by atoms with Crippen LogP contribution in [0.25, 0.3) is 0 Å². The number of rotatable bonds is 7. The number of amides is 1. The summed E-state index contributed by atoms with van der Waals surface area (Å²) in [5.74, 6) is 1.09. The molecule has 1 atom stereocenters. The second-order valence-electron chi connectivity index (χ2n) is 6.23. The lowest BCUT2D eigenvalue weighted by Gasteiger charge is -2.19. The number of hydrogen-bond acceptors (Lipinski definition) is 6. The van der Waals surface area contributed by atoms with E-state index in [9.17, 15) is 9.59 Å². The van der Waals surface area contributed by atoms with Crippen molar-refractivity contribution in [1.82, 2.24) is 0 Å². The lowest BCUT2D eigenvalue weighted by molar-refractivity contribution is -0.152. The number of carbonyl (C=O) groups is 2. The van der Waals surface area contributed by atoms with Gasteiger partial charge in [-0.25, -0.2) is 0 Å². The van der Waals surface area contributed by atoms with Crippen LogP contribution in [0, 0.1) is 0 Å². The van der Waals surface area contributed by atoms with Gasteiger partial charge in [0, 0.05) is 5.69 Å². The smallest absolute Gasteiger partial charge is 0.311 e. The number of carbonyl (C=O) groups excluding carboxylic acids is 2. The third-order valence-corrected chi connectivity index (χ3v) is 4.07. The second kappa shape index (κ2) is 9.12. The first kappa shape index (κ1) is 19.5. The van der Waals surface area contributed by atoms with Gasteiger partial charge in [-0.3, -0.25) is 9.59 Å². The average Bonchev–Trinajstić information content (AvgIpc) is 2.69. The molecule has 0 aromatic heterocycles. The summed E-state index contributed by atoms with van der Waals surface area (Å²) in [6.07, 6.45) is -0.881. The summed E-state index contributed by atoms with van der Waals surface area (Å²) in [4.78, 5) is 24.4. The Morgan fingerprint density at radius 2 is 1.79 bits per heavy atom. The number of benzene rings is 2. The Morgan fingerprint density at radius 1 is 1.07 bits per heavy atom. The van der Waals surface area contributed by atoms with E-state index in [2.05, 4.69) is 5.32 Å². The predicted molar refractivity (Wildman–Crippen MR) is 103 cm³/mol. The summed E-state index contributed by atoms with van der Waals surface area (Å²) < 4.78 is 21.6. The number of esters is 1. The molecular weight excluding hydrogens is 362 g/mol. The van der Waals surface area contributed by atoms with Gasteiger partial charge < -0.3 is 24.3 Å². The lowest BCUT2D eigenvalue weighted by Crippen LogP contribution is -2.30. The number of nitrogens with one attached hydrogen (secondary N) is 1. The Bertz CT molecular complexity index is 833. The highest BCUT2D eigenvalue weighted by molar-refractivity contribution is 5.95. The number of hydrogen-bond donors (Lipinski definition) is 1. The normalized spacial score (nSPS) is 13.4. The molecule has 0 unspecified atom stereocenters. The zero-order chi connectivity index (χ0) is 19.9. The quantitative estimate of drug-likeness (QED) is 0.738. The highest BCUT2D eigenvalue weighted by Crippen LogP contribution is 2.30. The summed E-state index contributed by atoms with van der Waals surface area (Å²) >= 11 is 0. The molecule has 28 heavy (non-hydrogen) atoms. The van der Waals surface area contributed by atoms with Gasteiger partial charge in [-0.15, -0.1) is 0 Å². The van der Waals surface area contributed by atoms with E-state index in [0.717, 1.165) is 11.3 Å². The summed E-state index contributed by atoms with van der Waals surface area (Å²) in [5, 5.41) is 2.71. The molecule has 7 heteroatoms.